The molecule has 1 heterocycles. The van der Waals surface area contributed by atoms with Crippen molar-refractivity contribution in [2.24, 2.45) is 7.05 Å². The quantitative estimate of drug-likeness (QED) is 0.882. The second kappa shape index (κ2) is 3.57. The molecule has 1 N–H and O–H groups in total. The Morgan fingerprint density at radius 3 is 2.72 bits per heavy atom. The van der Waals surface area contributed by atoms with Crippen LogP contribution in [-0.2, 0) is 17.3 Å². The molecule has 0 atom stereocenters. The zero-order chi connectivity index (χ0) is 12.9. The highest BCUT2D eigenvalue weighted by molar-refractivity contribution is 5.87. The van der Waals surface area contributed by atoms with Gasteiger partial charge in [-0.2, -0.15) is 5.10 Å². The molecule has 0 saturated heterocycles. The second-order valence-corrected chi connectivity index (χ2v) is 5.18. The number of carboxylic acids is 1. The molecule has 4 heteroatoms. The molecule has 0 unspecified atom stereocenters. The number of rotatable bonds is 2. The number of fused-ring (bicyclic) bond motifs is 1. The zero-order valence-corrected chi connectivity index (χ0v) is 10.6. The minimum absolute atomic E-state index is 0.660. The van der Waals surface area contributed by atoms with Crippen molar-refractivity contribution < 1.29 is 9.90 Å². The summed E-state index contributed by atoms with van der Waals surface area (Å²) in [6.07, 6.45) is 2.48. The highest BCUT2D eigenvalue weighted by atomic mass is 16.4. The molecular formula is C14H16N2O2. The molecule has 4 nitrogen and oxygen atoms in total. The van der Waals surface area contributed by atoms with Crippen molar-refractivity contribution in [3.63, 3.8) is 0 Å². The van der Waals surface area contributed by atoms with Gasteiger partial charge in [0.1, 0.15) is 0 Å². The number of carbonyl (C=O) groups is 1. The van der Waals surface area contributed by atoms with Crippen LogP contribution in [0.3, 0.4) is 0 Å². The van der Waals surface area contributed by atoms with Crippen molar-refractivity contribution in [2.45, 2.75) is 31.6 Å². The summed E-state index contributed by atoms with van der Waals surface area (Å²) < 4.78 is 1.82. The molecule has 1 aromatic heterocycles. The predicted molar refractivity (Wildman–Crippen MR) is 68.6 cm³/mol. The molecular weight excluding hydrogens is 228 g/mol. The Balaban J connectivity index is 2.19. The summed E-state index contributed by atoms with van der Waals surface area (Å²) in [7, 11) is 1.90. The lowest BCUT2D eigenvalue weighted by Gasteiger charge is -2.38. The molecule has 0 amide bonds. The fourth-order valence-corrected chi connectivity index (χ4v) is 2.89. The molecule has 0 radical (unpaired) electrons. The lowest BCUT2D eigenvalue weighted by atomic mass is 9.64. The van der Waals surface area contributed by atoms with E-state index < -0.39 is 11.4 Å². The summed E-state index contributed by atoms with van der Waals surface area (Å²) in [6, 6.07) is 5.93. The van der Waals surface area contributed by atoms with Crippen molar-refractivity contribution in [3.05, 3.63) is 29.5 Å². The van der Waals surface area contributed by atoms with Crippen LogP contribution in [0.2, 0.25) is 0 Å². The number of nitrogens with zero attached hydrogens (tertiary/aromatic N) is 2. The Bertz CT molecular complexity index is 639. The van der Waals surface area contributed by atoms with Gasteiger partial charge in [0.15, 0.2) is 0 Å². The van der Waals surface area contributed by atoms with Gasteiger partial charge in [-0.15, -0.1) is 0 Å². The Morgan fingerprint density at radius 1 is 1.44 bits per heavy atom. The van der Waals surface area contributed by atoms with Gasteiger partial charge in [0.25, 0.3) is 0 Å². The van der Waals surface area contributed by atoms with Crippen molar-refractivity contribution in [3.8, 4) is 0 Å². The van der Waals surface area contributed by atoms with E-state index in [1.807, 2.05) is 36.9 Å². The number of benzene rings is 1. The monoisotopic (exact) mass is 244 g/mol. The molecule has 3 rings (SSSR count). The zero-order valence-electron chi connectivity index (χ0n) is 10.6. The van der Waals surface area contributed by atoms with Crippen LogP contribution >= 0.6 is 0 Å². The fraction of sp³-hybridized carbons (Fsp3) is 0.429. The van der Waals surface area contributed by atoms with Crippen molar-refractivity contribution >= 4 is 16.9 Å². The van der Waals surface area contributed by atoms with Gasteiger partial charge < -0.3 is 5.11 Å². The third-order valence-corrected chi connectivity index (χ3v) is 4.21. The highest BCUT2D eigenvalue weighted by Crippen LogP contribution is 2.44. The number of aromatic nitrogens is 2. The van der Waals surface area contributed by atoms with Crippen LogP contribution in [0.4, 0.5) is 0 Å². The summed E-state index contributed by atoms with van der Waals surface area (Å²) in [5.74, 6) is -0.702. The standard InChI is InChI=1S/C14H16N2O2/c1-9-11-5-4-10(8-12(11)16(2)15-9)14(13(17)18)6-3-7-14/h4-5,8H,3,6-7H2,1-2H3,(H,17,18). The van der Waals surface area contributed by atoms with E-state index in [2.05, 4.69) is 5.10 Å². The fourth-order valence-electron chi connectivity index (χ4n) is 2.89. The number of carboxylic acid groups (broad SMARTS) is 1. The van der Waals surface area contributed by atoms with Crippen LogP contribution in [0, 0.1) is 6.92 Å². The van der Waals surface area contributed by atoms with Crippen molar-refractivity contribution in [1.29, 1.82) is 0 Å². The molecule has 1 aliphatic carbocycles. The molecule has 0 aliphatic heterocycles. The third kappa shape index (κ3) is 1.32. The smallest absolute Gasteiger partial charge is 0.314 e. The van der Waals surface area contributed by atoms with Gasteiger partial charge in [-0.05, 0) is 31.4 Å². The topological polar surface area (TPSA) is 55.1 Å². The van der Waals surface area contributed by atoms with Crippen LogP contribution in [0.15, 0.2) is 18.2 Å². The average molecular weight is 244 g/mol. The minimum atomic E-state index is -0.702. The molecule has 0 spiro atoms. The predicted octanol–water partition coefficient (Wildman–Crippen LogP) is 2.39. The van der Waals surface area contributed by atoms with Gasteiger partial charge in [-0.25, -0.2) is 0 Å². The normalized spacial score (nSPS) is 17.7. The van der Waals surface area contributed by atoms with E-state index in [0.29, 0.717) is 0 Å². The van der Waals surface area contributed by atoms with Gasteiger partial charge in [0, 0.05) is 12.4 Å². The first-order valence-corrected chi connectivity index (χ1v) is 6.22. The van der Waals surface area contributed by atoms with Gasteiger partial charge in [-0.1, -0.05) is 18.6 Å². The lowest BCUT2D eigenvalue weighted by molar-refractivity contribution is -0.147. The van der Waals surface area contributed by atoms with Crippen LogP contribution < -0.4 is 0 Å². The minimum Gasteiger partial charge on any atom is -0.481 e. The maximum atomic E-state index is 11.5. The Hall–Kier alpha value is -1.84. The number of hydrogen-bond donors (Lipinski definition) is 1. The molecule has 1 aromatic carbocycles. The molecule has 1 fully saturated rings. The second-order valence-electron chi connectivity index (χ2n) is 5.18. The van der Waals surface area contributed by atoms with Gasteiger partial charge in [-0.3, -0.25) is 9.48 Å². The van der Waals surface area contributed by atoms with E-state index in [9.17, 15) is 9.90 Å². The maximum absolute atomic E-state index is 11.5. The first-order chi connectivity index (χ1) is 8.54. The lowest BCUT2D eigenvalue weighted by Crippen LogP contribution is -2.42. The SMILES string of the molecule is Cc1nn(C)c2cc(C3(C(=O)O)CCC3)ccc12. The van der Waals surface area contributed by atoms with E-state index in [1.54, 1.807) is 0 Å². The first-order valence-electron chi connectivity index (χ1n) is 6.22. The van der Waals surface area contributed by atoms with Crippen LogP contribution in [0.1, 0.15) is 30.5 Å². The van der Waals surface area contributed by atoms with E-state index >= 15 is 0 Å². The van der Waals surface area contributed by atoms with Gasteiger partial charge >= 0.3 is 5.97 Å². The summed E-state index contributed by atoms with van der Waals surface area (Å²) >= 11 is 0. The van der Waals surface area contributed by atoms with E-state index in [4.69, 9.17) is 0 Å². The van der Waals surface area contributed by atoms with Crippen LogP contribution in [-0.4, -0.2) is 20.9 Å². The maximum Gasteiger partial charge on any atom is 0.314 e. The highest BCUT2D eigenvalue weighted by Gasteiger charge is 2.46. The van der Waals surface area contributed by atoms with Gasteiger partial charge in [0.2, 0.25) is 0 Å². The van der Waals surface area contributed by atoms with Crippen LogP contribution in [0.25, 0.3) is 10.9 Å². The molecule has 94 valence electrons. The third-order valence-electron chi connectivity index (χ3n) is 4.21. The largest absolute Gasteiger partial charge is 0.481 e. The average Bonchev–Trinajstić information content (AvgIpc) is 2.52. The number of aliphatic carboxylic acids is 1. The molecule has 2 aromatic rings. The summed E-state index contributed by atoms with van der Waals surface area (Å²) in [5.41, 5.74) is 2.25. The molecule has 1 saturated carbocycles. The summed E-state index contributed by atoms with van der Waals surface area (Å²) in [6.45, 7) is 1.97. The Morgan fingerprint density at radius 2 is 2.17 bits per heavy atom. The number of aryl methyl sites for hydroxylation is 2. The Kier molecular flexibility index (Phi) is 2.24. The van der Waals surface area contributed by atoms with E-state index in [0.717, 1.165) is 41.4 Å². The van der Waals surface area contributed by atoms with Crippen molar-refractivity contribution in [1.82, 2.24) is 9.78 Å². The summed E-state index contributed by atoms with van der Waals surface area (Å²) in [4.78, 5) is 11.5. The first kappa shape index (κ1) is 11.3. The molecule has 0 bridgehead atoms. The summed E-state index contributed by atoms with van der Waals surface area (Å²) in [5, 5.41) is 14.9. The molecule has 18 heavy (non-hydrogen) atoms. The van der Waals surface area contributed by atoms with E-state index in [1.165, 1.54) is 0 Å². The van der Waals surface area contributed by atoms with E-state index in [-0.39, 0.29) is 0 Å². The van der Waals surface area contributed by atoms with Gasteiger partial charge in [0.05, 0.1) is 16.6 Å². The van der Waals surface area contributed by atoms with Crippen LogP contribution in [0.5, 0.6) is 0 Å². The molecule has 1 aliphatic rings. The Labute approximate surface area is 105 Å². The number of hydrogen-bond acceptors (Lipinski definition) is 2. The van der Waals surface area contributed by atoms with Crippen molar-refractivity contribution in [2.75, 3.05) is 0 Å².